The zero-order valence-corrected chi connectivity index (χ0v) is 9.85. The molecule has 0 aliphatic carbocycles. The van der Waals surface area contributed by atoms with Crippen molar-refractivity contribution in [1.29, 1.82) is 0 Å². The molecule has 2 atom stereocenters. The molecular weight excluding hydrogens is 214 g/mol. The van der Waals surface area contributed by atoms with Gasteiger partial charge in [0.2, 0.25) is 0 Å². The molecule has 1 aromatic rings. The number of amides is 1. The first-order valence-corrected chi connectivity index (χ1v) is 6.25. The summed E-state index contributed by atoms with van der Waals surface area (Å²) in [4.78, 5) is 11.6. The molecule has 0 radical (unpaired) electrons. The second-order valence-electron chi connectivity index (χ2n) is 3.43. The number of nitrogens with one attached hydrogen (secondary N) is 2. The van der Waals surface area contributed by atoms with Gasteiger partial charge in [-0.25, -0.2) is 0 Å². The minimum atomic E-state index is -0.917. The highest BCUT2D eigenvalue weighted by Gasteiger charge is 2.12. The number of carbonyl (C=O) groups excluding carboxylic acids is 1. The molecule has 15 heavy (non-hydrogen) atoms. The highest BCUT2D eigenvalue weighted by atomic mass is 32.2. The minimum Gasteiger partial charge on any atom is -0.351 e. The summed E-state index contributed by atoms with van der Waals surface area (Å²) in [5.41, 5.74) is 1.27. The number of nitrogens with zero attached hydrogens (tertiary/aromatic N) is 1. The third kappa shape index (κ3) is 3.16. The standard InChI is InChI=1S/C9H15N3O2S/c1-6(15(3)14)4-10-9(13)8-5-11-12-7(8)2/h5-6H,4H2,1-3H3,(H,10,13)(H,11,12). The number of H-pyrrole nitrogens is 1. The molecule has 2 unspecified atom stereocenters. The average Bonchev–Trinajstić information content (AvgIpc) is 2.60. The Balaban J connectivity index is 2.51. The summed E-state index contributed by atoms with van der Waals surface area (Å²) in [6.07, 6.45) is 3.11. The van der Waals surface area contributed by atoms with Crippen molar-refractivity contribution in [2.75, 3.05) is 12.8 Å². The van der Waals surface area contributed by atoms with Crippen LogP contribution in [0.3, 0.4) is 0 Å². The van der Waals surface area contributed by atoms with Crippen LogP contribution in [0.15, 0.2) is 6.20 Å². The summed E-state index contributed by atoms with van der Waals surface area (Å²) >= 11 is 0. The lowest BCUT2D eigenvalue weighted by Crippen LogP contribution is -2.32. The summed E-state index contributed by atoms with van der Waals surface area (Å²) in [6.45, 7) is 4.02. The largest absolute Gasteiger partial charge is 0.351 e. The van der Waals surface area contributed by atoms with Crippen LogP contribution in [-0.4, -0.2) is 38.4 Å². The highest BCUT2D eigenvalue weighted by Crippen LogP contribution is 2.02. The fourth-order valence-electron chi connectivity index (χ4n) is 1.03. The van der Waals surface area contributed by atoms with E-state index in [1.807, 2.05) is 6.92 Å². The number of rotatable bonds is 4. The van der Waals surface area contributed by atoms with Crippen molar-refractivity contribution in [3.63, 3.8) is 0 Å². The number of carbonyl (C=O) groups is 1. The van der Waals surface area contributed by atoms with Gasteiger partial charge in [0.05, 0.1) is 11.8 Å². The van der Waals surface area contributed by atoms with E-state index in [1.54, 1.807) is 13.2 Å². The third-order valence-corrected chi connectivity index (χ3v) is 3.49. The fraction of sp³-hybridized carbons (Fsp3) is 0.556. The Morgan fingerprint density at radius 1 is 1.73 bits per heavy atom. The Morgan fingerprint density at radius 2 is 2.40 bits per heavy atom. The number of aromatic nitrogens is 2. The number of aromatic amines is 1. The molecule has 0 spiro atoms. The van der Waals surface area contributed by atoms with Crippen LogP contribution in [0.2, 0.25) is 0 Å². The van der Waals surface area contributed by atoms with E-state index in [0.29, 0.717) is 12.1 Å². The molecule has 0 saturated heterocycles. The van der Waals surface area contributed by atoms with Gasteiger partial charge in [0, 0.05) is 34.5 Å². The fourth-order valence-corrected chi connectivity index (χ4v) is 1.35. The second-order valence-corrected chi connectivity index (χ2v) is 5.23. The summed E-state index contributed by atoms with van der Waals surface area (Å²) in [7, 11) is -0.917. The maximum atomic E-state index is 11.6. The molecule has 0 aliphatic rings. The molecule has 0 saturated carbocycles. The van der Waals surface area contributed by atoms with Gasteiger partial charge in [-0.05, 0) is 13.8 Å². The molecular formula is C9H15N3O2S. The molecule has 0 bridgehead atoms. The van der Waals surface area contributed by atoms with Crippen molar-refractivity contribution in [3.05, 3.63) is 17.5 Å². The SMILES string of the molecule is Cc1[nH]ncc1C(=O)NCC(C)S(C)=O. The van der Waals surface area contributed by atoms with Crippen LogP contribution in [0.4, 0.5) is 0 Å². The van der Waals surface area contributed by atoms with E-state index in [4.69, 9.17) is 0 Å². The minimum absolute atomic E-state index is 0.0406. The second kappa shape index (κ2) is 5.06. The van der Waals surface area contributed by atoms with Gasteiger partial charge in [-0.1, -0.05) is 0 Å². The topological polar surface area (TPSA) is 74.8 Å². The summed E-state index contributed by atoms with van der Waals surface area (Å²) in [6, 6.07) is 0. The van der Waals surface area contributed by atoms with Crippen molar-refractivity contribution < 1.29 is 9.00 Å². The van der Waals surface area contributed by atoms with Gasteiger partial charge in [-0.3, -0.25) is 14.1 Å². The molecule has 0 aromatic carbocycles. The molecule has 0 aliphatic heterocycles. The van der Waals surface area contributed by atoms with Crippen LogP contribution in [0.25, 0.3) is 0 Å². The lowest BCUT2D eigenvalue weighted by Gasteiger charge is -2.09. The quantitative estimate of drug-likeness (QED) is 0.775. The summed E-state index contributed by atoms with van der Waals surface area (Å²) in [5.74, 6) is -0.182. The van der Waals surface area contributed by atoms with Crippen molar-refractivity contribution in [3.8, 4) is 0 Å². The van der Waals surface area contributed by atoms with Crippen molar-refractivity contribution in [1.82, 2.24) is 15.5 Å². The van der Waals surface area contributed by atoms with Gasteiger partial charge in [-0.15, -0.1) is 0 Å². The molecule has 5 nitrogen and oxygen atoms in total. The van der Waals surface area contributed by atoms with Gasteiger partial charge in [-0.2, -0.15) is 5.10 Å². The predicted octanol–water partition coefficient (Wildman–Crippen LogP) is 0.215. The van der Waals surface area contributed by atoms with Gasteiger partial charge < -0.3 is 5.32 Å². The maximum absolute atomic E-state index is 11.6. The van der Waals surface area contributed by atoms with Crippen LogP contribution in [0.5, 0.6) is 0 Å². The first-order valence-electron chi connectivity index (χ1n) is 4.62. The molecule has 0 fully saturated rings. The molecule has 1 aromatic heterocycles. The first kappa shape index (κ1) is 11.9. The smallest absolute Gasteiger partial charge is 0.254 e. The number of hydrogen-bond donors (Lipinski definition) is 2. The monoisotopic (exact) mass is 229 g/mol. The maximum Gasteiger partial charge on any atom is 0.254 e. The zero-order valence-electron chi connectivity index (χ0n) is 9.03. The normalized spacial score (nSPS) is 14.6. The van der Waals surface area contributed by atoms with E-state index in [9.17, 15) is 9.00 Å². The van der Waals surface area contributed by atoms with E-state index in [1.165, 1.54) is 6.20 Å². The zero-order chi connectivity index (χ0) is 11.4. The van der Waals surface area contributed by atoms with Gasteiger partial charge in [0.25, 0.3) is 5.91 Å². The Bertz CT molecular complexity index is 375. The molecule has 1 amide bonds. The molecule has 2 N–H and O–H groups in total. The average molecular weight is 229 g/mol. The van der Waals surface area contributed by atoms with Crippen LogP contribution < -0.4 is 5.32 Å². The van der Waals surface area contributed by atoms with Crippen molar-refractivity contribution in [2.24, 2.45) is 0 Å². The van der Waals surface area contributed by atoms with Crippen LogP contribution in [0.1, 0.15) is 23.0 Å². The van der Waals surface area contributed by atoms with Gasteiger partial charge in [0.1, 0.15) is 0 Å². The lowest BCUT2D eigenvalue weighted by atomic mass is 10.2. The van der Waals surface area contributed by atoms with Crippen LogP contribution in [0, 0.1) is 6.92 Å². The van der Waals surface area contributed by atoms with Gasteiger partial charge in [0.15, 0.2) is 0 Å². The Labute approximate surface area is 91.1 Å². The van der Waals surface area contributed by atoms with E-state index in [-0.39, 0.29) is 11.2 Å². The molecule has 1 heterocycles. The predicted molar refractivity (Wildman–Crippen MR) is 59.2 cm³/mol. The Morgan fingerprint density at radius 3 is 2.87 bits per heavy atom. The summed E-state index contributed by atoms with van der Waals surface area (Å²) < 4.78 is 11.1. The van der Waals surface area contributed by atoms with E-state index < -0.39 is 10.8 Å². The number of hydrogen-bond acceptors (Lipinski definition) is 3. The Hall–Kier alpha value is -1.17. The highest BCUT2D eigenvalue weighted by molar-refractivity contribution is 7.84. The molecule has 6 heteroatoms. The van der Waals surface area contributed by atoms with E-state index in [2.05, 4.69) is 15.5 Å². The third-order valence-electron chi connectivity index (χ3n) is 2.19. The van der Waals surface area contributed by atoms with Crippen LogP contribution >= 0.6 is 0 Å². The molecule has 84 valence electrons. The van der Waals surface area contributed by atoms with Crippen LogP contribution in [-0.2, 0) is 10.8 Å². The van der Waals surface area contributed by atoms with E-state index >= 15 is 0 Å². The van der Waals surface area contributed by atoms with Gasteiger partial charge >= 0.3 is 0 Å². The first-order chi connectivity index (χ1) is 7.02. The summed E-state index contributed by atoms with van der Waals surface area (Å²) in [5, 5.41) is 9.12. The molecule has 1 rings (SSSR count). The number of aryl methyl sites for hydroxylation is 1. The van der Waals surface area contributed by atoms with E-state index in [0.717, 1.165) is 5.69 Å². The Kier molecular flexibility index (Phi) is 4.02. The van der Waals surface area contributed by atoms with Crippen molar-refractivity contribution in [2.45, 2.75) is 19.1 Å². The van der Waals surface area contributed by atoms with Crippen molar-refractivity contribution >= 4 is 16.7 Å². The lowest BCUT2D eigenvalue weighted by molar-refractivity contribution is 0.0953.